The third kappa shape index (κ3) is 6.00. The first-order valence-electron chi connectivity index (χ1n) is 10.7. The highest BCUT2D eigenvalue weighted by atomic mass is 32.2. The van der Waals surface area contributed by atoms with Gasteiger partial charge in [-0.15, -0.1) is 0 Å². The van der Waals surface area contributed by atoms with Crippen LogP contribution in [0.5, 0.6) is 0 Å². The van der Waals surface area contributed by atoms with Crippen molar-refractivity contribution in [3.05, 3.63) is 23.8 Å². The normalized spacial score (nSPS) is 20.9. The molecule has 0 radical (unpaired) electrons. The summed E-state index contributed by atoms with van der Waals surface area (Å²) < 4.78 is 32.9. The van der Waals surface area contributed by atoms with Crippen LogP contribution in [0.15, 0.2) is 23.1 Å². The lowest BCUT2D eigenvalue weighted by molar-refractivity contribution is -0.148. The van der Waals surface area contributed by atoms with Crippen molar-refractivity contribution >= 4 is 39.3 Å². The van der Waals surface area contributed by atoms with E-state index in [1.165, 1.54) is 10.4 Å². The summed E-state index contributed by atoms with van der Waals surface area (Å²) in [6.45, 7) is 5.55. The zero-order valence-corrected chi connectivity index (χ0v) is 19.8. The van der Waals surface area contributed by atoms with Crippen LogP contribution in [0, 0.1) is 6.92 Å². The Balaban J connectivity index is 1.70. The van der Waals surface area contributed by atoms with Gasteiger partial charge in [0.15, 0.2) is 0 Å². The number of carbonyl (C=O) groups excluding carboxylic acids is 2. The Kier molecular flexibility index (Phi) is 8.37. The van der Waals surface area contributed by atoms with E-state index in [2.05, 4.69) is 5.32 Å². The second-order valence-electron chi connectivity index (χ2n) is 7.81. The average molecular weight is 470 g/mol. The smallest absolute Gasteiger partial charge is 0.324 e. The van der Waals surface area contributed by atoms with Crippen molar-refractivity contribution in [1.82, 2.24) is 9.21 Å². The molecule has 0 spiro atoms. The maximum atomic E-state index is 13.1. The fourth-order valence-corrected chi connectivity index (χ4v) is 6.74. The molecule has 2 fully saturated rings. The first-order chi connectivity index (χ1) is 14.8. The summed E-state index contributed by atoms with van der Waals surface area (Å²) in [4.78, 5) is 26.9. The van der Waals surface area contributed by atoms with Gasteiger partial charge >= 0.3 is 5.97 Å². The molecule has 31 heavy (non-hydrogen) atoms. The van der Waals surface area contributed by atoms with Gasteiger partial charge < -0.3 is 10.1 Å². The van der Waals surface area contributed by atoms with Crippen LogP contribution in [0.1, 0.15) is 31.7 Å². The Morgan fingerprint density at radius 1 is 1.19 bits per heavy atom. The van der Waals surface area contributed by atoms with E-state index in [1.54, 1.807) is 37.7 Å². The molecule has 8 nitrogen and oxygen atoms in total. The number of rotatable bonds is 7. The number of hydrogen-bond acceptors (Lipinski definition) is 7. The minimum atomic E-state index is -3.60. The molecule has 0 aromatic heterocycles. The van der Waals surface area contributed by atoms with Crippen LogP contribution in [0.25, 0.3) is 0 Å². The van der Waals surface area contributed by atoms with Crippen molar-refractivity contribution in [3.8, 4) is 0 Å². The van der Waals surface area contributed by atoms with E-state index < -0.39 is 16.1 Å². The number of esters is 1. The Labute approximate surface area is 188 Å². The molecule has 2 saturated heterocycles. The predicted molar refractivity (Wildman–Crippen MR) is 122 cm³/mol. The summed E-state index contributed by atoms with van der Waals surface area (Å²) in [5, 5.41) is 2.80. The molecular weight excluding hydrogens is 438 g/mol. The molecule has 1 aromatic carbocycles. The number of sulfonamides is 1. The fraction of sp³-hybridized carbons (Fsp3) is 0.619. The summed E-state index contributed by atoms with van der Waals surface area (Å²) in [7, 11) is -3.60. The van der Waals surface area contributed by atoms with Gasteiger partial charge in [0.2, 0.25) is 15.9 Å². The number of hydrogen-bond donors (Lipinski definition) is 1. The van der Waals surface area contributed by atoms with E-state index >= 15 is 0 Å². The number of thioether (sulfide) groups is 1. The van der Waals surface area contributed by atoms with E-state index in [1.807, 2.05) is 4.90 Å². The average Bonchev–Trinajstić information content (AvgIpc) is 2.76. The molecule has 2 aliphatic heterocycles. The van der Waals surface area contributed by atoms with Gasteiger partial charge in [0.25, 0.3) is 0 Å². The molecule has 2 aliphatic rings. The second-order valence-corrected chi connectivity index (χ2v) is 10.9. The van der Waals surface area contributed by atoms with E-state index in [9.17, 15) is 18.0 Å². The third-order valence-electron chi connectivity index (χ3n) is 5.55. The van der Waals surface area contributed by atoms with Crippen LogP contribution in [-0.2, 0) is 24.3 Å². The van der Waals surface area contributed by atoms with Gasteiger partial charge in [-0.3, -0.25) is 14.5 Å². The molecule has 1 atom stereocenters. The standard InChI is InChI=1S/C21H31N3O5S2/c1-3-29-21(26)18-15-30-12-11-23(18)14-20(25)22-17-8-7-16(2)19(13-17)31(27,28)24-9-5-4-6-10-24/h7-8,13,18H,3-6,9-12,14-15H2,1-2H3,(H,22,25)/t18-/m1/s1. The lowest BCUT2D eigenvalue weighted by Crippen LogP contribution is -2.50. The molecule has 1 amide bonds. The summed E-state index contributed by atoms with van der Waals surface area (Å²) in [6.07, 6.45) is 2.78. The highest BCUT2D eigenvalue weighted by Gasteiger charge is 2.32. The monoisotopic (exact) mass is 469 g/mol. The summed E-state index contributed by atoms with van der Waals surface area (Å²) in [6, 6.07) is 4.51. The largest absolute Gasteiger partial charge is 0.465 e. The molecule has 3 rings (SSSR count). The Morgan fingerprint density at radius 2 is 1.94 bits per heavy atom. The predicted octanol–water partition coefficient (Wildman–Crippen LogP) is 2.09. The van der Waals surface area contributed by atoms with Crippen molar-refractivity contribution in [3.63, 3.8) is 0 Å². The van der Waals surface area contributed by atoms with Gasteiger partial charge in [0, 0.05) is 36.8 Å². The number of anilines is 1. The lowest BCUT2D eigenvalue weighted by atomic mass is 10.2. The highest BCUT2D eigenvalue weighted by Crippen LogP contribution is 2.26. The maximum Gasteiger partial charge on any atom is 0.324 e. The minimum Gasteiger partial charge on any atom is -0.465 e. The van der Waals surface area contributed by atoms with Gasteiger partial charge in [-0.05, 0) is 44.4 Å². The van der Waals surface area contributed by atoms with Gasteiger partial charge in [0.1, 0.15) is 6.04 Å². The van der Waals surface area contributed by atoms with Gasteiger partial charge in [-0.1, -0.05) is 12.5 Å². The Hall–Kier alpha value is -1.62. The van der Waals surface area contributed by atoms with Crippen molar-refractivity contribution in [1.29, 1.82) is 0 Å². The fourth-order valence-electron chi connectivity index (χ4n) is 3.87. The Bertz CT molecular complexity index is 900. The van der Waals surface area contributed by atoms with Crippen LogP contribution in [0.3, 0.4) is 0 Å². The summed E-state index contributed by atoms with van der Waals surface area (Å²) in [5.41, 5.74) is 1.09. The topological polar surface area (TPSA) is 96.0 Å². The zero-order chi connectivity index (χ0) is 22.4. The number of benzene rings is 1. The maximum absolute atomic E-state index is 13.1. The number of ether oxygens (including phenoxy) is 1. The summed E-state index contributed by atoms with van der Waals surface area (Å²) >= 11 is 1.67. The van der Waals surface area contributed by atoms with Crippen LogP contribution in [0.4, 0.5) is 5.69 Å². The minimum absolute atomic E-state index is 0.0477. The van der Waals surface area contributed by atoms with Gasteiger partial charge in [-0.2, -0.15) is 16.1 Å². The number of nitrogens with zero attached hydrogens (tertiary/aromatic N) is 2. The molecule has 172 valence electrons. The van der Waals surface area contributed by atoms with E-state index in [0.29, 0.717) is 43.2 Å². The van der Waals surface area contributed by atoms with E-state index in [0.717, 1.165) is 25.0 Å². The van der Waals surface area contributed by atoms with Crippen molar-refractivity contribution < 1.29 is 22.7 Å². The molecule has 0 bridgehead atoms. The number of piperidine rings is 1. The number of aryl methyl sites for hydroxylation is 1. The van der Waals surface area contributed by atoms with Gasteiger partial charge in [0.05, 0.1) is 18.0 Å². The third-order valence-corrected chi connectivity index (χ3v) is 8.61. The van der Waals surface area contributed by atoms with Crippen LogP contribution in [-0.4, -0.2) is 79.8 Å². The highest BCUT2D eigenvalue weighted by molar-refractivity contribution is 7.99. The van der Waals surface area contributed by atoms with E-state index in [4.69, 9.17) is 4.74 Å². The molecule has 10 heteroatoms. The number of carbonyl (C=O) groups is 2. The van der Waals surface area contributed by atoms with Crippen LogP contribution in [0.2, 0.25) is 0 Å². The van der Waals surface area contributed by atoms with Crippen molar-refractivity contribution in [2.45, 2.75) is 44.0 Å². The molecular formula is C21H31N3O5S2. The first-order valence-corrected chi connectivity index (χ1v) is 13.3. The molecule has 0 aliphatic carbocycles. The number of nitrogens with one attached hydrogen (secondary N) is 1. The molecule has 1 N–H and O–H groups in total. The summed E-state index contributed by atoms with van der Waals surface area (Å²) in [5.74, 6) is 0.833. The molecule has 1 aromatic rings. The van der Waals surface area contributed by atoms with Crippen LogP contribution >= 0.6 is 11.8 Å². The lowest BCUT2D eigenvalue weighted by Gasteiger charge is -2.32. The van der Waals surface area contributed by atoms with Gasteiger partial charge in [-0.25, -0.2) is 8.42 Å². The first kappa shape index (κ1) is 24.0. The zero-order valence-electron chi connectivity index (χ0n) is 18.1. The van der Waals surface area contributed by atoms with Crippen molar-refractivity contribution in [2.75, 3.05) is 49.6 Å². The molecule has 2 heterocycles. The quantitative estimate of drug-likeness (QED) is 0.611. The molecule has 0 saturated carbocycles. The van der Waals surface area contributed by atoms with E-state index in [-0.39, 0.29) is 23.3 Å². The molecule has 0 unspecified atom stereocenters. The SMILES string of the molecule is CCOC(=O)[C@H]1CSCCN1CC(=O)Nc1ccc(C)c(S(=O)(=O)N2CCCCC2)c1. The second kappa shape index (κ2) is 10.8. The Morgan fingerprint density at radius 3 is 2.65 bits per heavy atom. The van der Waals surface area contributed by atoms with Crippen LogP contribution < -0.4 is 5.32 Å². The number of amides is 1. The van der Waals surface area contributed by atoms with Crippen molar-refractivity contribution in [2.24, 2.45) is 0 Å².